The average molecular weight is 290 g/mol. The zero-order valence-corrected chi connectivity index (χ0v) is 12.4. The molecule has 0 fully saturated rings. The summed E-state index contributed by atoms with van der Waals surface area (Å²) < 4.78 is 0. The van der Waals surface area contributed by atoms with Gasteiger partial charge in [0.25, 0.3) is 0 Å². The van der Waals surface area contributed by atoms with Gasteiger partial charge in [0.1, 0.15) is 5.75 Å². The van der Waals surface area contributed by atoms with Crippen molar-refractivity contribution in [2.75, 3.05) is 13.6 Å². The number of hydrogen-bond acceptors (Lipinski definition) is 2. The zero-order valence-electron chi connectivity index (χ0n) is 11.6. The molecule has 0 spiro atoms. The predicted molar refractivity (Wildman–Crippen MR) is 84.4 cm³/mol. The van der Waals surface area contributed by atoms with Gasteiger partial charge in [0.05, 0.1) is 0 Å². The van der Waals surface area contributed by atoms with E-state index in [0.29, 0.717) is 11.7 Å². The first-order chi connectivity index (χ1) is 9.67. The number of halogens is 1. The third kappa shape index (κ3) is 4.55. The molecule has 0 aromatic heterocycles. The first-order valence-electron chi connectivity index (χ1n) is 6.84. The van der Waals surface area contributed by atoms with Crippen molar-refractivity contribution >= 4 is 11.6 Å². The van der Waals surface area contributed by atoms with Gasteiger partial charge in [0.2, 0.25) is 0 Å². The molecule has 2 rings (SSSR count). The normalized spacial score (nSPS) is 12.3. The molecular weight excluding hydrogens is 270 g/mol. The van der Waals surface area contributed by atoms with Crippen molar-refractivity contribution in [1.29, 1.82) is 0 Å². The molecule has 0 aliphatic rings. The summed E-state index contributed by atoms with van der Waals surface area (Å²) in [6.45, 7) is 0.933. The number of benzene rings is 2. The highest BCUT2D eigenvalue weighted by Crippen LogP contribution is 2.19. The van der Waals surface area contributed by atoms with Gasteiger partial charge in [-0.25, -0.2) is 0 Å². The molecule has 0 saturated carbocycles. The highest BCUT2D eigenvalue weighted by molar-refractivity contribution is 6.30. The molecule has 0 saturated heterocycles. The van der Waals surface area contributed by atoms with Crippen LogP contribution in [0.15, 0.2) is 48.5 Å². The smallest absolute Gasteiger partial charge is 0.115 e. The fourth-order valence-corrected chi connectivity index (χ4v) is 2.73. The second kappa shape index (κ2) is 7.32. The standard InChI is InChI=1S/C17H20ClNO/c1-19-12-15(8-13-4-2-6-16(18)10-13)9-14-5-3-7-17(20)11-14/h2-7,10-11,15,19-20H,8-9,12H2,1H3. The third-order valence-electron chi connectivity index (χ3n) is 3.34. The van der Waals surface area contributed by atoms with Crippen LogP contribution in [-0.4, -0.2) is 18.7 Å². The van der Waals surface area contributed by atoms with Crippen LogP contribution in [0.1, 0.15) is 11.1 Å². The zero-order chi connectivity index (χ0) is 14.4. The van der Waals surface area contributed by atoms with Crippen LogP contribution in [0.3, 0.4) is 0 Å². The summed E-state index contributed by atoms with van der Waals surface area (Å²) in [5.74, 6) is 0.800. The van der Waals surface area contributed by atoms with Crippen molar-refractivity contribution in [3.8, 4) is 5.75 Å². The van der Waals surface area contributed by atoms with Gasteiger partial charge in [-0.05, 0) is 67.7 Å². The van der Waals surface area contributed by atoms with Gasteiger partial charge in [-0.2, -0.15) is 0 Å². The molecule has 1 unspecified atom stereocenters. The molecule has 2 aromatic rings. The Kier molecular flexibility index (Phi) is 5.45. The molecule has 20 heavy (non-hydrogen) atoms. The molecule has 0 radical (unpaired) electrons. The van der Waals surface area contributed by atoms with Gasteiger partial charge in [-0.1, -0.05) is 35.9 Å². The fourth-order valence-electron chi connectivity index (χ4n) is 2.52. The van der Waals surface area contributed by atoms with Gasteiger partial charge < -0.3 is 10.4 Å². The van der Waals surface area contributed by atoms with Gasteiger partial charge in [-0.3, -0.25) is 0 Å². The van der Waals surface area contributed by atoms with Crippen molar-refractivity contribution < 1.29 is 5.11 Å². The van der Waals surface area contributed by atoms with E-state index in [1.54, 1.807) is 6.07 Å². The number of hydrogen-bond donors (Lipinski definition) is 2. The molecule has 2 nitrogen and oxygen atoms in total. The van der Waals surface area contributed by atoms with E-state index < -0.39 is 0 Å². The average Bonchev–Trinajstić information content (AvgIpc) is 2.39. The van der Waals surface area contributed by atoms with Gasteiger partial charge >= 0.3 is 0 Å². The second-order valence-corrected chi connectivity index (χ2v) is 5.57. The molecule has 3 heteroatoms. The SMILES string of the molecule is CNCC(Cc1cccc(O)c1)Cc1cccc(Cl)c1. The summed E-state index contributed by atoms with van der Waals surface area (Å²) in [5, 5.41) is 13.6. The first kappa shape index (κ1) is 14.9. The lowest BCUT2D eigenvalue weighted by Crippen LogP contribution is -2.22. The van der Waals surface area contributed by atoms with Gasteiger partial charge in [-0.15, -0.1) is 0 Å². The van der Waals surface area contributed by atoms with Crippen LogP contribution in [0.5, 0.6) is 5.75 Å². The highest BCUT2D eigenvalue weighted by atomic mass is 35.5. The Morgan fingerprint density at radius 2 is 1.70 bits per heavy atom. The van der Waals surface area contributed by atoms with Crippen LogP contribution >= 0.6 is 11.6 Å². The van der Waals surface area contributed by atoms with E-state index in [1.807, 2.05) is 37.4 Å². The summed E-state index contributed by atoms with van der Waals surface area (Å²) in [4.78, 5) is 0. The Hall–Kier alpha value is -1.51. The lowest BCUT2D eigenvalue weighted by molar-refractivity contribution is 0.469. The van der Waals surface area contributed by atoms with Crippen LogP contribution in [-0.2, 0) is 12.8 Å². The number of rotatable bonds is 6. The molecule has 2 aromatic carbocycles. The maximum atomic E-state index is 9.55. The lowest BCUT2D eigenvalue weighted by Gasteiger charge is -2.17. The number of nitrogens with one attached hydrogen (secondary N) is 1. The van der Waals surface area contributed by atoms with Gasteiger partial charge in [0, 0.05) is 5.02 Å². The molecule has 0 aliphatic carbocycles. The molecule has 106 valence electrons. The summed E-state index contributed by atoms with van der Waals surface area (Å²) in [6.07, 6.45) is 1.90. The van der Waals surface area contributed by atoms with Crippen molar-refractivity contribution in [2.45, 2.75) is 12.8 Å². The Morgan fingerprint density at radius 3 is 2.30 bits per heavy atom. The van der Waals surface area contributed by atoms with E-state index in [2.05, 4.69) is 17.4 Å². The maximum absolute atomic E-state index is 9.55. The van der Waals surface area contributed by atoms with E-state index >= 15 is 0 Å². The van der Waals surface area contributed by atoms with Crippen LogP contribution in [0.2, 0.25) is 5.02 Å². The van der Waals surface area contributed by atoms with E-state index in [1.165, 1.54) is 5.56 Å². The largest absolute Gasteiger partial charge is 0.508 e. The Bertz CT molecular complexity index is 509. The molecule has 0 aliphatic heterocycles. The van der Waals surface area contributed by atoms with E-state index in [9.17, 15) is 5.11 Å². The van der Waals surface area contributed by atoms with E-state index in [4.69, 9.17) is 11.6 Å². The van der Waals surface area contributed by atoms with Crippen molar-refractivity contribution in [3.05, 3.63) is 64.7 Å². The molecule has 0 heterocycles. The topological polar surface area (TPSA) is 32.3 Å². The molecule has 2 N–H and O–H groups in total. The molecule has 0 bridgehead atoms. The van der Waals surface area contributed by atoms with E-state index in [-0.39, 0.29) is 0 Å². The van der Waals surface area contributed by atoms with Gasteiger partial charge in [0.15, 0.2) is 0 Å². The Morgan fingerprint density at radius 1 is 1.05 bits per heavy atom. The number of phenols is 1. The quantitative estimate of drug-likeness (QED) is 0.850. The van der Waals surface area contributed by atoms with Crippen LogP contribution in [0.4, 0.5) is 0 Å². The van der Waals surface area contributed by atoms with Crippen molar-refractivity contribution in [1.82, 2.24) is 5.32 Å². The van der Waals surface area contributed by atoms with Crippen molar-refractivity contribution in [2.24, 2.45) is 5.92 Å². The summed E-state index contributed by atoms with van der Waals surface area (Å²) in [5.41, 5.74) is 2.41. The summed E-state index contributed by atoms with van der Waals surface area (Å²) in [6, 6.07) is 15.5. The molecule has 0 amide bonds. The first-order valence-corrected chi connectivity index (χ1v) is 7.22. The summed E-state index contributed by atoms with van der Waals surface area (Å²) >= 11 is 6.04. The maximum Gasteiger partial charge on any atom is 0.115 e. The number of aromatic hydroxyl groups is 1. The minimum Gasteiger partial charge on any atom is -0.508 e. The van der Waals surface area contributed by atoms with E-state index in [0.717, 1.165) is 30.0 Å². The predicted octanol–water partition coefficient (Wildman–Crippen LogP) is 3.67. The number of phenolic OH excluding ortho intramolecular Hbond substituents is 1. The minimum atomic E-state index is 0.327. The van der Waals surface area contributed by atoms with Crippen LogP contribution in [0, 0.1) is 5.92 Å². The lowest BCUT2D eigenvalue weighted by atomic mass is 9.92. The Balaban J connectivity index is 2.07. The Labute approximate surface area is 125 Å². The molecular formula is C17H20ClNO. The second-order valence-electron chi connectivity index (χ2n) is 5.13. The monoisotopic (exact) mass is 289 g/mol. The van der Waals surface area contributed by atoms with Crippen LogP contribution < -0.4 is 5.32 Å². The molecule has 1 atom stereocenters. The third-order valence-corrected chi connectivity index (χ3v) is 3.58. The van der Waals surface area contributed by atoms with Crippen molar-refractivity contribution in [3.63, 3.8) is 0 Å². The highest BCUT2D eigenvalue weighted by Gasteiger charge is 2.11. The minimum absolute atomic E-state index is 0.327. The fraction of sp³-hybridized carbons (Fsp3) is 0.294. The van der Waals surface area contributed by atoms with Crippen LogP contribution in [0.25, 0.3) is 0 Å². The summed E-state index contributed by atoms with van der Waals surface area (Å²) in [7, 11) is 1.97.